The average Bonchev–Trinajstić information content (AvgIpc) is 2.85. The molecule has 0 saturated heterocycles. The van der Waals surface area contributed by atoms with Crippen molar-refractivity contribution in [3.63, 3.8) is 0 Å². The number of pyridine rings is 1. The van der Waals surface area contributed by atoms with E-state index in [0.717, 1.165) is 10.4 Å². The Morgan fingerprint density at radius 2 is 2.00 bits per heavy atom. The summed E-state index contributed by atoms with van der Waals surface area (Å²) in [4.78, 5) is 16.6. The van der Waals surface area contributed by atoms with Crippen molar-refractivity contribution < 1.29 is 54.7 Å². The zero-order valence-corrected chi connectivity index (χ0v) is 21.5. The first-order chi connectivity index (χ1) is 17.4. The molecule has 202 valence electrons. The molecule has 0 atom stereocenters. The molecule has 9 nitrogen and oxygen atoms in total. The van der Waals surface area contributed by atoms with Gasteiger partial charge in [-0.25, -0.2) is 12.8 Å². The summed E-state index contributed by atoms with van der Waals surface area (Å²) in [6.45, 7) is 6.53. The van der Waals surface area contributed by atoms with Crippen LogP contribution in [0.15, 0.2) is 40.5 Å². The van der Waals surface area contributed by atoms with Crippen molar-refractivity contribution in [1.82, 2.24) is 9.29 Å². The number of nitrogens with zero attached hydrogens (tertiary/aromatic N) is 4. The number of rotatable bonds is 8. The second-order valence-electron chi connectivity index (χ2n) is 7.65. The van der Waals surface area contributed by atoms with E-state index in [9.17, 15) is 30.8 Å². The fourth-order valence-corrected chi connectivity index (χ4v) is 4.62. The molecule has 2 aromatic rings. The first kappa shape index (κ1) is 33.4. The van der Waals surface area contributed by atoms with Crippen LogP contribution in [-0.4, -0.2) is 66.7 Å². The third-order valence-electron chi connectivity index (χ3n) is 4.94. The van der Waals surface area contributed by atoms with Gasteiger partial charge in [0, 0.05) is 13.1 Å². The maximum atomic E-state index is 14.6. The molecule has 0 aliphatic carbocycles. The number of benzene rings is 1. The maximum Gasteiger partial charge on any atom is 1.00 e. The number of aliphatic hydroxyl groups is 1. The number of hydrogen-bond acceptors (Lipinski definition) is 7. The number of anilines is 1. The molecule has 15 heteroatoms. The van der Waals surface area contributed by atoms with Gasteiger partial charge in [0.1, 0.15) is 11.6 Å². The maximum absolute atomic E-state index is 14.6. The van der Waals surface area contributed by atoms with Crippen LogP contribution in [0.25, 0.3) is 0 Å². The zero-order valence-electron chi connectivity index (χ0n) is 20.7. The molecule has 0 radical (unpaired) electrons. The Kier molecular flexibility index (Phi) is 13.3. The number of fused-ring (bicyclic) bond motifs is 1. The van der Waals surface area contributed by atoms with Crippen molar-refractivity contribution in [2.24, 2.45) is 10.2 Å². The Hall–Kier alpha value is -2.63. The van der Waals surface area contributed by atoms with Gasteiger partial charge in [0.25, 0.3) is 5.91 Å². The fourth-order valence-electron chi connectivity index (χ4n) is 3.17. The number of sulfonamides is 1. The van der Waals surface area contributed by atoms with Gasteiger partial charge in [0.05, 0.1) is 17.7 Å². The molecular formula is C23H24F4LiN5O4S-2. The molecule has 0 saturated carbocycles. The summed E-state index contributed by atoms with van der Waals surface area (Å²) < 4.78 is 77.4. The van der Waals surface area contributed by atoms with Gasteiger partial charge in [0.2, 0.25) is 10.0 Å². The van der Waals surface area contributed by atoms with Crippen LogP contribution < -0.4 is 24.2 Å². The van der Waals surface area contributed by atoms with E-state index in [0.29, 0.717) is 11.1 Å². The van der Waals surface area contributed by atoms with Crippen molar-refractivity contribution >= 4 is 34.7 Å². The summed E-state index contributed by atoms with van der Waals surface area (Å²) in [6.07, 6.45) is -1.89. The number of nitrogens with one attached hydrogen (secondary N) is 1. The molecule has 0 spiro atoms. The first-order valence-corrected chi connectivity index (χ1v) is 12.4. The number of halogens is 4. The number of amides is 1. The predicted molar refractivity (Wildman–Crippen MR) is 129 cm³/mol. The molecule has 2 heterocycles. The number of aliphatic hydroxyl groups excluding tert-OH is 1. The SMILES string of the molecule is C[CH-]CO.[CH-]=NN=[C-]c1cccc(NC(=O)c2cc3c(cc2F)CCN(S(=O)(=O)CCC(F)(F)F)C3)n1.[Li+]. The Balaban J connectivity index is 0.00000135. The second kappa shape index (κ2) is 15.1. The minimum Gasteiger partial charge on any atom is -0.428 e. The standard InChI is InChI=1S/C20H17F4N5O3S.C3H7O.Li/c1-25-26-11-15-3-2-4-18(27-15)28-19(30)16-9-14-12-29(7-5-13(14)10-17(16)21)33(31,32)8-6-20(22,23)24;1-2-3-4;/h1-4,9-10H,5-8,12H2,(H,27,28,30);2,4H,3H2,1H3;/q-2;-1;+1. The zero-order chi connectivity index (χ0) is 27.6. The minimum absolute atomic E-state index is 0. The van der Waals surface area contributed by atoms with E-state index in [1.54, 1.807) is 13.3 Å². The van der Waals surface area contributed by atoms with Crippen LogP contribution in [0.2, 0.25) is 0 Å². The van der Waals surface area contributed by atoms with E-state index in [1.165, 1.54) is 24.3 Å². The molecule has 0 bridgehead atoms. The largest absolute Gasteiger partial charge is 1.00 e. The van der Waals surface area contributed by atoms with Gasteiger partial charge in [-0.2, -0.15) is 30.5 Å². The van der Waals surface area contributed by atoms with Gasteiger partial charge in [-0.3, -0.25) is 9.78 Å². The quantitative estimate of drug-likeness (QED) is 0.159. The smallest absolute Gasteiger partial charge is 0.428 e. The van der Waals surface area contributed by atoms with Crippen LogP contribution in [0.4, 0.5) is 23.4 Å². The van der Waals surface area contributed by atoms with Crippen molar-refractivity contribution in [2.75, 3.05) is 24.2 Å². The first-order valence-electron chi connectivity index (χ1n) is 10.8. The van der Waals surface area contributed by atoms with Crippen LogP contribution in [0.1, 0.15) is 40.5 Å². The van der Waals surface area contributed by atoms with Crippen LogP contribution in [-0.2, 0) is 23.0 Å². The van der Waals surface area contributed by atoms with Crippen LogP contribution >= 0.6 is 0 Å². The summed E-state index contributed by atoms with van der Waals surface area (Å²) in [5.41, 5.74) is 0.635. The van der Waals surface area contributed by atoms with Crippen molar-refractivity contribution in [3.05, 3.63) is 65.0 Å². The molecular weight excluding hydrogens is 525 g/mol. The van der Waals surface area contributed by atoms with Crippen molar-refractivity contribution in [3.8, 4) is 0 Å². The van der Waals surface area contributed by atoms with Gasteiger partial charge in [0.15, 0.2) is 0 Å². The fraction of sp³-hybridized carbons (Fsp3) is 0.348. The van der Waals surface area contributed by atoms with E-state index in [4.69, 9.17) is 11.8 Å². The minimum atomic E-state index is -4.61. The Labute approximate surface area is 230 Å². The number of alkyl halides is 3. The molecule has 1 aromatic heterocycles. The Morgan fingerprint density at radius 3 is 2.61 bits per heavy atom. The van der Waals surface area contributed by atoms with E-state index in [2.05, 4.69) is 26.7 Å². The van der Waals surface area contributed by atoms with Gasteiger partial charge in [-0.05, 0) is 35.7 Å². The normalized spacial score (nSPS) is 13.6. The van der Waals surface area contributed by atoms with E-state index in [-0.39, 0.29) is 62.1 Å². The predicted octanol–water partition coefficient (Wildman–Crippen LogP) is 0.109. The van der Waals surface area contributed by atoms with E-state index < -0.39 is 40.1 Å². The van der Waals surface area contributed by atoms with Gasteiger partial charge >= 0.3 is 25.0 Å². The van der Waals surface area contributed by atoms with Crippen LogP contribution in [0.5, 0.6) is 0 Å². The summed E-state index contributed by atoms with van der Waals surface area (Å²) in [6, 6.07) is 6.79. The number of carbonyl (C=O) groups excluding carboxylic acids is 1. The molecule has 1 amide bonds. The molecule has 1 aliphatic heterocycles. The van der Waals surface area contributed by atoms with E-state index >= 15 is 0 Å². The third kappa shape index (κ3) is 10.3. The number of carbonyl (C=O) groups is 1. The summed E-state index contributed by atoms with van der Waals surface area (Å²) in [7, 11) is -4.19. The van der Waals surface area contributed by atoms with Crippen molar-refractivity contribution in [2.45, 2.75) is 32.5 Å². The number of aromatic nitrogens is 1. The summed E-state index contributed by atoms with van der Waals surface area (Å²) >= 11 is 0. The van der Waals surface area contributed by atoms with Gasteiger partial charge in [-0.1, -0.05) is 18.5 Å². The van der Waals surface area contributed by atoms with Crippen LogP contribution in [0.3, 0.4) is 0 Å². The molecule has 38 heavy (non-hydrogen) atoms. The molecule has 3 rings (SSSR count). The van der Waals surface area contributed by atoms with Gasteiger partial charge < -0.3 is 33.8 Å². The molecule has 0 fully saturated rings. The van der Waals surface area contributed by atoms with E-state index in [1.807, 2.05) is 0 Å². The molecule has 0 unspecified atom stereocenters. The van der Waals surface area contributed by atoms with Gasteiger partial charge in [-0.15, -0.1) is 6.07 Å². The Morgan fingerprint density at radius 1 is 1.32 bits per heavy atom. The third-order valence-corrected chi connectivity index (χ3v) is 6.76. The average molecular weight is 549 g/mol. The Bertz CT molecular complexity index is 1240. The van der Waals surface area contributed by atoms with Crippen LogP contribution in [0, 0.1) is 12.2 Å². The topological polar surface area (TPSA) is 124 Å². The number of hydrogen-bond donors (Lipinski definition) is 2. The summed E-state index contributed by atoms with van der Waals surface area (Å²) in [5.74, 6) is -2.70. The second-order valence-corrected chi connectivity index (χ2v) is 9.73. The van der Waals surface area contributed by atoms with Crippen molar-refractivity contribution in [1.29, 1.82) is 0 Å². The molecule has 1 aromatic carbocycles. The molecule has 1 aliphatic rings. The molecule has 2 N–H and O–H groups in total. The monoisotopic (exact) mass is 549 g/mol. The summed E-state index contributed by atoms with van der Waals surface area (Å²) in [5, 5.41) is 16.6.